The largest absolute Gasteiger partial charge is 0.383 e. The van der Waals surface area contributed by atoms with E-state index >= 15 is 0 Å². The fraction of sp³-hybridized carbons (Fsp3) is 0.200. The van der Waals surface area contributed by atoms with Gasteiger partial charge in [0.2, 0.25) is 0 Å². The Balaban J connectivity index is 2.08. The van der Waals surface area contributed by atoms with Crippen molar-refractivity contribution in [3.05, 3.63) is 52.8 Å². The van der Waals surface area contributed by atoms with E-state index in [4.69, 9.17) is 5.73 Å². The number of aromatic nitrogens is 4. The summed E-state index contributed by atoms with van der Waals surface area (Å²) in [6.07, 6.45) is 7.05. The van der Waals surface area contributed by atoms with Gasteiger partial charge in [-0.2, -0.15) is 4.98 Å². The summed E-state index contributed by atoms with van der Waals surface area (Å²) in [5.41, 5.74) is 7.41. The Bertz CT molecular complexity index is 884. The lowest BCUT2D eigenvalue weighted by Crippen LogP contribution is -2.24. The summed E-state index contributed by atoms with van der Waals surface area (Å²) in [7, 11) is 0. The van der Waals surface area contributed by atoms with Crippen molar-refractivity contribution in [3.63, 3.8) is 0 Å². The van der Waals surface area contributed by atoms with Gasteiger partial charge in [-0.25, -0.2) is 14.3 Å². The normalized spacial score (nSPS) is 14.5. The van der Waals surface area contributed by atoms with Crippen molar-refractivity contribution in [2.24, 2.45) is 0 Å². The van der Waals surface area contributed by atoms with E-state index in [1.165, 1.54) is 23.0 Å². The summed E-state index contributed by atoms with van der Waals surface area (Å²) >= 11 is 0. The molecule has 21 heavy (non-hydrogen) atoms. The van der Waals surface area contributed by atoms with Gasteiger partial charge in [-0.05, 0) is 36.5 Å². The molecule has 6 nitrogen and oxygen atoms in total. The quantitative estimate of drug-likeness (QED) is 0.770. The molecule has 0 bridgehead atoms. The minimum Gasteiger partial charge on any atom is -0.383 e. The SMILES string of the molecule is Nc1nc(=O)n(-c2cnccn2)c2cc(C3CC3)ccc12. The maximum atomic E-state index is 12.3. The Kier molecular flexibility index (Phi) is 2.50. The molecule has 0 spiro atoms. The molecular weight excluding hydrogens is 266 g/mol. The van der Waals surface area contributed by atoms with Gasteiger partial charge in [0.05, 0.1) is 11.7 Å². The smallest absolute Gasteiger partial charge is 0.355 e. The Morgan fingerprint density at radius 2 is 2.10 bits per heavy atom. The van der Waals surface area contributed by atoms with Crippen molar-refractivity contribution < 1.29 is 0 Å². The molecule has 1 aliphatic rings. The molecule has 0 aliphatic heterocycles. The van der Waals surface area contributed by atoms with Crippen LogP contribution in [-0.2, 0) is 0 Å². The van der Waals surface area contributed by atoms with Gasteiger partial charge in [0, 0.05) is 17.8 Å². The Labute approximate surface area is 120 Å². The molecule has 1 aliphatic carbocycles. The van der Waals surface area contributed by atoms with E-state index in [9.17, 15) is 4.79 Å². The van der Waals surface area contributed by atoms with Crippen LogP contribution < -0.4 is 11.4 Å². The molecule has 0 unspecified atom stereocenters. The first-order chi connectivity index (χ1) is 10.2. The summed E-state index contributed by atoms with van der Waals surface area (Å²) in [6.45, 7) is 0. The lowest BCUT2D eigenvalue weighted by atomic mass is 10.1. The van der Waals surface area contributed by atoms with Crippen LogP contribution in [0.2, 0.25) is 0 Å². The van der Waals surface area contributed by atoms with Crippen LogP contribution in [0.25, 0.3) is 16.7 Å². The fourth-order valence-electron chi connectivity index (χ4n) is 2.57. The van der Waals surface area contributed by atoms with E-state index in [2.05, 4.69) is 21.0 Å². The Hall–Kier alpha value is -2.76. The number of fused-ring (bicyclic) bond motifs is 1. The maximum absolute atomic E-state index is 12.3. The Morgan fingerprint density at radius 1 is 1.24 bits per heavy atom. The van der Waals surface area contributed by atoms with Crippen LogP contribution in [0.3, 0.4) is 0 Å². The molecule has 0 amide bonds. The zero-order valence-electron chi connectivity index (χ0n) is 11.2. The van der Waals surface area contributed by atoms with Gasteiger partial charge < -0.3 is 5.73 Å². The minimum absolute atomic E-state index is 0.248. The summed E-state index contributed by atoms with van der Waals surface area (Å²) in [6, 6.07) is 6.00. The molecule has 4 rings (SSSR count). The second-order valence-electron chi connectivity index (χ2n) is 5.23. The second kappa shape index (κ2) is 4.37. The van der Waals surface area contributed by atoms with Crippen LogP contribution in [0.15, 0.2) is 41.6 Å². The number of hydrogen-bond donors (Lipinski definition) is 1. The molecule has 0 saturated heterocycles. The summed E-state index contributed by atoms with van der Waals surface area (Å²) < 4.78 is 1.46. The number of nitrogens with two attached hydrogens (primary N) is 1. The van der Waals surface area contributed by atoms with E-state index in [-0.39, 0.29) is 5.82 Å². The molecule has 6 heteroatoms. The van der Waals surface area contributed by atoms with Crippen LogP contribution in [0.4, 0.5) is 5.82 Å². The van der Waals surface area contributed by atoms with Crippen LogP contribution in [0.5, 0.6) is 0 Å². The zero-order valence-corrected chi connectivity index (χ0v) is 11.2. The van der Waals surface area contributed by atoms with Gasteiger partial charge in [-0.3, -0.25) is 4.98 Å². The van der Waals surface area contributed by atoms with Crippen LogP contribution in [-0.4, -0.2) is 19.5 Å². The molecule has 2 aromatic heterocycles. The van der Waals surface area contributed by atoms with Crippen molar-refractivity contribution in [1.82, 2.24) is 19.5 Å². The van der Waals surface area contributed by atoms with E-state index in [1.54, 1.807) is 18.6 Å². The highest BCUT2D eigenvalue weighted by Gasteiger charge is 2.24. The van der Waals surface area contributed by atoms with Crippen LogP contribution >= 0.6 is 0 Å². The third kappa shape index (κ3) is 1.96. The average Bonchev–Trinajstić information content (AvgIpc) is 3.32. The van der Waals surface area contributed by atoms with Gasteiger partial charge in [0.1, 0.15) is 5.82 Å². The van der Waals surface area contributed by atoms with E-state index < -0.39 is 5.69 Å². The molecule has 0 radical (unpaired) electrons. The number of anilines is 1. The van der Waals surface area contributed by atoms with Gasteiger partial charge in [-0.15, -0.1) is 0 Å². The highest BCUT2D eigenvalue weighted by molar-refractivity contribution is 5.89. The Morgan fingerprint density at radius 3 is 2.81 bits per heavy atom. The van der Waals surface area contributed by atoms with Crippen molar-refractivity contribution in [2.75, 3.05) is 5.73 Å². The fourth-order valence-corrected chi connectivity index (χ4v) is 2.57. The summed E-state index contributed by atoms with van der Waals surface area (Å²) in [4.78, 5) is 24.4. The molecule has 3 aromatic rings. The van der Waals surface area contributed by atoms with Crippen LogP contribution in [0.1, 0.15) is 24.3 Å². The van der Waals surface area contributed by atoms with Gasteiger partial charge in [0.25, 0.3) is 0 Å². The first-order valence-electron chi connectivity index (χ1n) is 6.82. The molecule has 1 saturated carbocycles. The molecule has 104 valence electrons. The first-order valence-corrected chi connectivity index (χ1v) is 6.82. The molecule has 1 fully saturated rings. The lowest BCUT2D eigenvalue weighted by molar-refractivity contribution is 0.912. The number of hydrogen-bond acceptors (Lipinski definition) is 5. The molecule has 0 atom stereocenters. The standard InChI is InChI=1S/C15H13N5O/c16-14-11-4-3-10(9-1-2-9)7-12(11)20(15(21)19-14)13-8-17-5-6-18-13/h3-9H,1-2H2,(H2,16,19,21). The maximum Gasteiger partial charge on any atom is 0.355 e. The average molecular weight is 279 g/mol. The highest BCUT2D eigenvalue weighted by Crippen LogP contribution is 2.41. The van der Waals surface area contributed by atoms with E-state index in [1.807, 2.05) is 12.1 Å². The minimum atomic E-state index is -0.437. The predicted molar refractivity (Wildman–Crippen MR) is 79.3 cm³/mol. The molecule has 1 aromatic carbocycles. The number of nitrogen functional groups attached to an aromatic ring is 1. The van der Waals surface area contributed by atoms with Crippen LogP contribution in [0, 0.1) is 0 Å². The van der Waals surface area contributed by atoms with Gasteiger partial charge in [0.15, 0.2) is 5.82 Å². The first kappa shape index (κ1) is 12.0. The van der Waals surface area contributed by atoms with Crippen molar-refractivity contribution in [2.45, 2.75) is 18.8 Å². The predicted octanol–water partition coefficient (Wildman–Crippen LogP) is 1.64. The van der Waals surface area contributed by atoms with Crippen molar-refractivity contribution in [1.29, 1.82) is 0 Å². The topological polar surface area (TPSA) is 86.7 Å². The van der Waals surface area contributed by atoms with E-state index in [0.717, 1.165) is 10.9 Å². The van der Waals surface area contributed by atoms with Gasteiger partial charge >= 0.3 is 5.69 Å². The van der Waals surface area contributed by atoms with Crippen molar-refractivity contribution in [3.8, 4) is 5.82 Å². The monoisotopic (exact) mass is 279 g/mol. The van der Waals surface area contributed by atoms with E-state index in [0.29, 0.717) is 11.7 Å². The second-order valence-corrected chi connectivity index (χ2v) is 5.23. The third-order valence-corrected chi connectivity index (χ3v) is 3.77. The number of rotatable bonds is 2. The number of benzene rings is 1. The number of nitrogens with zero attached hydrogens (tertiary/aromatic N) is 4. The zero-order chi connectivity index (χ0) is 14.4. The summed E-state index contributed by atoms with van der Waals surface area (Å²) in [5, 5.41) is 0.754. The van der Waals surface area contributed by atoms with Crippen molar-refractivity contribution >= 4 is 16.7 Å². The molecular formula is C15H13N5O. The third-order valence-electron chi connectivity index (χ3n) is 3.77. The lowest BCUT2D eigenvalue weighted by Gasteiger charge is -2.11. The highest BCUT2D eigenvalue weighted by atomic mass is 16.1. The molecule has 2 heterocycles. The summed E-state index contributed by atoms with van der Waals surface area (Å²) in [5.74, 6) is 1.29. The van der Waals surface area contributed by atoms with Gasteiger partial charge in [-0.1, -0.05) is 6.07 Å². The molecule has 2 N–H and O–H groups in total.